The summed E-state index contributed by atoms with van der Waals surface area (Å²) >= 11 is 8.77. The molecule has 0 bridgehead atoms. The minimum absolute atomic E-state index is 0.321. The fourth-order valence-electron chi connectivity index (χ4n) is 1.50. The Hall–Kier alpha value is -0.0600. The number of hydrogen-bond acceptors (Lipinski definition) is 2. The third kappa shape index (κ3) is 2.74. The van der Waals surface area contributed by atoms with Gasteiger partial charge in [0.2, 0.25) is 0 Å². The van der Waals surface area contributed by atoms with Crippen LogP contribution in [0.15, 0.2) is 32.0 Å². The van der Waals surface area contributed by atoms with Crippen molar-refractivity contribution in [1.82, 2.24) is 0 Å². The summed E-state index contributed by atoms with van der Waals surface area (Å²) in [7, 11) is 0. The van der Waals surface area contributed by atoms with Gasteiger partial charge in [-0.15, -0.1) is 0 Å². The highest BCUT2D eigenvalue weighted by molar-refractivity contribution is 9.10. The molecule has 0 N–H and O–H groups in total. The summed E-state index contributed by atoms with van der Waals surface area (Å²) in [5.41, 5.74) is 2.58. The Morgan fingerprint density at radius 1 is 1.53 bits per heavy atom. The molecule has 1 atom stereocenters. The minimum Gasteiger partial charge on any atom is -0.454 e. The van der Waals surface area contributed by atoms with E-state index in [2.05, 4.69) is 48.7 Å². The number of halogens is 2. The third-order valence-electron chi connectivity index (χ3n) is 2.26. The molecule has 0 aliphatic heterocycles. The van der Waals surface area contributed by atoms with E-state index in [4.69, 9.17) is 4.42 Å². The lowest BCUT2D eigenvalue weighted by Crippen LogP contribution is -1.93. The predicted octanol–water partition coefficient (Wildman–Crippen LogP) is 5.09. The molecule has 0 radical (unpaired) electrons. The zero-order chi connectivity index (χ0) is 10.8. The number of aryl methyl sites for hydroxylation is 1. The predicted molar refractivity (Wildman–Crippen MR) is 70.8 cm³/mol. The first kappa shape index (κ1) is 11.4. The molecule has 2 aromatic heterocycles. The van der Waals surface area contributed by atoms with E-state index in [1.807, 2.05) is 13.0 Å². The van der Waals surface area contributed by atoms with E-state index < -0.39 is 0 Å². The second-order valence-corrected chi connectivity index (χ2v) is 6.03. The molecule has 0 saturated heterocycles. The summed E-state index contributed by atoms with van der Waals surface area (Å²) in [6, 6.07) is 4.19. The maximum absolute atomic E-state index is 5.44. The molecule has 2 rings (SSSR count). The van der Waals surface area contributed by atoms with Gasteiger partial charge in [-0.1, -0.05) is 15.9 Å². The Morgan fingerprint density at radius 3 is 2.87 bits per heavy atom. The first-order chi connectivity index (χ1) is 7.16. The number of alkyl halides is 1. The lowest BCUT2D eigenvalue weighted by Gasteiger charge is -2.06. The normalized spacial score (nSPS) is 13.0. The van der Waals surface area contributed by atoms with Gasteiger partial charge in [-0.2, -0.15) is 11.3 Å². The first-order valence-electron chi connectivity index (χ1n) is 4.58. The van der Waals surface area contributed by atoms with Crippen LogP contribution in [0.5, 0.6) is 0 Å². The van der Waals surface area contributed by atoms with Gasteiger partial charge in [0.1, 0.15) is 5.76 Å². The number of thiophene rings is 1. The molecule has 0 saturated carbocycles. The summed E-state index contributed by atoms with van der Waals surface area (Å²) in [5.74, 6) is 0.971. The van der Waals surface area contributed by atoms with Gasteiger partial charge < -0.3 is 4.42 Å². The molecular formula is C11H10Br2OS. The number of rotatable bonds is 3. The van der Waals surface area contributed by atoms with Gasteiger partial charge in [0.25, 0.3) is 0 Å². The zero-order valence-electron chi connectivity index (χ0n) is 8.17. The van der Waals surface area contributed by atoms with Crippen LogP contribution in [0.2, 0.25) is 0 Å². The van der Waals surface area contributed by atoms with Gasteiger partial charge in [-0.05, 0) is 57.7 Å². The van der Waals surface area contributed by atoms with Crippen LogP contribution in [-0.4, -0.2) is 0 Å². The molecule has 0 aromatic carbocycles. The number of hydrogen-bond donors (Lipinski definition) is 0. The molecule has 2 aromatic rings. The van der Waals surface area contributed by atoms with Crippen molar-refractivity contribution in [1.29, 1.82) is 0 Å². The highest BCUT2D eigenvalue weighted by Crippen LogP contribution is 2.33. The highest BCUT2D eigenvalue weighted by Gasteiger charge is 2.15. The van der Waals surface area contributed by atoms with Crippen molar-refractivity contribution in [2.45, 2.75) is 18.2 Å². The Morgan fingerprint density at radius 2 is 2.33 bits per heavy atom. The Kier molecular flexibility index (Phi) is 3.69. The topological polar surface area (TPSA) is 13.1 Å². The molecule has 0 fully saturated rings. The van der Waals surface area contributed by atoms with Gasteiger partial charge in [0.15, 0.2) is 4.67 Å². The maximum Gasteiger partial charge on any atom is 0.169 e. The summed E-state index contributed by atoms with van der Waals surface area (Å²) in [6.45, 7) is 1.99. The first-order valence-corrected chi connectivity index (χ1v) is 7.23. The summed E-state index contributed by atoms with van der Waals surface area (Å²) in [6.07, 6.45) is 0.996. The zero-order valence-corrected chi connectivity index (χ0v) is 12.2. The second kappa shape index (κ2) is 4.85. The van der Waals surface area contributed by atoms with E-state index in [1.165, 1.54) is 11.1 Å². The highest BCUT2D eigenvalue weighted by atomic mass is 79.9. The van der Waals surface area contributed by atoms with Crippen molar-refractivity contribution in [2.75, 3.05) is 0 Å². The lowest BCUT2D eigenvalue weighted by molar-refractivity contribution is 0.506. The van der Waals surface area contributed by atoms with Crippen LogP contribution in [0.25, 0.3) is 0 Å². The smallest absolute Gasteiger partial charge is 0.169 e. The van der Waals surface area contributed by atoms with Crippen LogP contribution in [0.3, 0.4) is 0 Å². The van der Waals surface area contributed by atoms with Crippen molar-refractivity contribution in [3.63, 3.8) is 0 Å². The van der Waals surface area contributed by atoms with Gasteiger partial charge in [0, 0.05) is 10.4 Å². The van der Waals surface area contributed by atoms with Crippen molar-refractivity contribution < 1.29 is 4.42 Å². The second-order valence-electron chi connectivity index (χ2n) is 3.37. The SMILES string of the molecule is Cc1oc(Br)cc1C(Br)Cc1ccsc1. The van der Waals surface area contributed by atoms with E-state index in [1.54, 1.807) is 11.3 Å². The van der Waals surface area contributed by atoms with Gasteiger partial charge in [-0.25, -0.2) is 0 Å². The lowest BCUT2D eigenvalue weighted by atomic mass is 10.1. The van der Waals surface area contributed by atoms with Crippen molar-refractivity contribution in [2.24, 2.45) is 0 Å². The Labute approximate surface area is 110 Å². The van der Waals surface area contributed by atoms with Crippen LogP contribution in [-0.2, 0) is 6.42 Å². The van der Waals surface area contributed by atoms with Gasteiger partial charge in [-0.3, -0.25) is 0 Å². The fraction of sp³-hybridized carbons (Fsp3) is 0.273. The molecule has 0 aliphatic rings. The summed E-state index contributed by atoms with van der Waals surface area (Å²) in [4.78, 5) is 0.321. The van der Waals surface area contributed by atoms with E-state index in [0.717, 1.165) is 16.9 Å². The molecule has 2 heterocycles. The van der Waals surface area contributed by atoms with E-state index >= 15 is 0 Å². The van der Waals surface area contributed by atoms with Crippen LogP contribution in [0.1, 0.15) is 21.7 Å². The molecular weight excluding hydrogens is 340 g/mol. The molecule has 15 heavy (non-hydrogen) atoms. The molecule has 4 heteroatoms. The van der Waals surface area contributed by atoms with Crippen molar-refractivity contribution in [3.8, 4) is 0 Å². The van der Waals surface area contributed by atoms with E-state index in [-0.39, 0.29) is 0 Å². The third-order valence-corrected chi connectivity index (χ3v) is 4.20. The average molecular weight is 350 g/mol. The molecule has 80 valence electrons. The van der Waals surface area contributed by atoms with Crippen molar-refractivity contribution in [3.05, 3.63) is 44.4 Å². The van der Waals surface area contributed by atoms with E-state index in [9.17, 15) is 0 Å². The Balaban J connectivity index is 2.14. The number of furan rings is 1. The monoisotopic (exact) mass is 348 g/mol. The molecule has 1 unspecified atom stereocenters. The molecule has 0 aliphatic carbocycles. The molecule has 0 spiro atoms. The van der Waals surface area contributed by atoms with Crippen LogP contribution in [0, 0.1) is 6.92 Å². The van der Waals surface area contributed by atoms with Gasteiger partial charge in [0.05, 0.1) is 0 Å². The van der Waals surface area contributed by atoms with E-state index in [0.29, 0.717) is 4.83 Å². The minimum atomic E-state index is 0.321. The fourth-order valence-corrected chi connectivity index (χ4v) is 3.49. The Bertz CT molecular complexity index is 433. The average Bonchev–Trinajstić information content (AvgIpc) is 2.75. The quantitative estimate of drug-likeness (QED) is 0.703. The molecule has 0 amide bonds. The van der Waals surface area contributed by atoms with Crippen molar-refractivity contribution >= 4 is 43.2 Å². The van der Waals surface area contributed by atoms with Crippen LogP contribution < -0.4 is 0 Å². The maximum atomic E-state index is 5.44. The largest absolute Gasteiger partial charge is 0.454 e. The van der Waals surface area contributed by atoms with Crippen LogP contribution >= 0.6 is 43.2 Å². The summed E-state index contributed by atoms with van der Waals surface area (Å²) < 4.78 is 6.24. The standard InChI is InChI=1S/C11H10Br2OS/c1-7-9(5-11(13)14-7)10(12)4-8-2-3-15-6-8/h2-3,5-6,10H,4H2,1H3. The summed E-state index contributed by atoms with van der Waals surface area (Å²) in [5, 5.41) is 4.28. The molecule has 1 nitrogen and oxygen atoms in total. The van der Waals surface area contributed by atoms with Crippen LogP contribution in [0.4, 0.5) is 0 Å². The van der Waals surface area contributed by atoms with Gasteiger partial charge >= 0.3 is 0 Å².